The summed E-state index contributed by atoms with van der Waals surface area (Å²) < 4.78 is 19.6. The first-order valence-electron chi connectivity index (χ1n) is 9.27. The van der Waals surface area contributed by atoms with Gasteiger partial charge in [-0.15, -0.1) is 0 Å². The summed E-state index contributed by atoms with van der Waals surface area (Å²) in [5.41, 5.74) is 1.59. The molecule has 27 heavy (non-hydrogen) atoms. The van der Waals surface area contributed by atoms with Crippen LogP contribution in [0.1, 0.15) is 30.1 Å². The molecule has 0 spiro atoms. The highest BCUT2D eigenvalue weighted by atomic mass is 19.1. The van der Waals surface area contributed by atoms with E-state index < -0.39 is 6.04 Å². The van der Waals surface area contributed by atoms with E-state index in [4.69, 9.17) is 4.74 Å². The fraction of sp³-hybridized carbons (Fsp3) is 0.429. The van der Waals surface area contributed by atoms with E-state index in [9.17, 15) is 9.18 Å². The number of pyridine rings is 1. The van der Waals surface area contributed by atoms with Crippen molar-refractivity contribution in [1.82, 2.24) is 14.8 Å². The van der Waals surface area contributed by atoms with Crippen LogP contribution in [-0.2, 0) is 16.1 Å². The monoisotopic (exact) mass is 371 g/mol. The maximum atomic E-state index is 13.6. The fourth-order valence-corrected chi connectivity index (χ4v) is 3.44. The number of nitrogens with zero attached hydrogens (tertiary/aromatic N) is 3. The molecule has 2 heterocycles. The zero-order chi connectivity index (χ0) is 19.2. The first-order chi connectivity index (χ1) is 13.0. The summed E-state index contributed by atoms with van der Waals surface area (Å²) in [5.74, 6) is -0.317. The van der Waals surface area contributed by atoms with Gasteiger partial charge in [0.2, 0.25) is 5.91 Å². The van der Waals surface area contributed by atoms with Crippen molar-refractivity contribution >= 4 is 5.91 Å². The maximum absolute atomic E-state index is 13.6. The Labute approximate surface area is 159 Å². The molecule has 1 saturated heterocycles. The van der Waals surface area contributed by atoms with Gasteiger partial charge < -0.3 is 9.64 Å². The lowest BCUT2D eigenvalue weighted by Gasteiger charge is -2.36. The van der Waals surface area contributed by atoms with Gasteiger partial charge in [0.25, 0.3) is 0 Å². The predicted molar refractivity (Wildman–Crippen MR) is 101 cm³/mol. The number of likely N-dealkylation sites (N-methyl/N-ethyl adjacent to an activating group) is 1. The second-order valence-electron chi connectivity index (χ2n) is 7.08. The van der Waals surface area contributed by atoms with Gasteiger partial charge in [-0.3, -0.25) is 14.7 Å². The Morgan fingerprint density at radius 2 is 2.04 bits per heavy atom. The summed E-state index contributed by atoms with van der Waals surface area (Å²) in [6.45, 7) is 1.78. The van der Waals surface area contributed by atoms with Gasteiger partial charge in [-0.25, -0.2) is 4.39 Å². The van der Waals surface area contributed by atoms with Crippen LogP contribution in [0.2, 0.25) is 0 Å². The minimum absolute atomic E-state index is 0.00813. The molecule has 0 N–H and O–H groups in total. The van der Waals surface area contributed by atoms with Crippen molar-refractivity contribution in [2.24, 2.45) is 0 Å². The van der Waals surface area contributed by atoms with E-state index in [0.717, 1.165) is 18.5 Å². The first kappa shape index (κ1) is 19.5. The molecule has 1 aromatic heterocycles. The number of ether oxygens (including phenoxy) is 1. The van der Waals surface area contributed by atoms with Crippen LogP contribution in [0, 0.1) is 5.82 Å². The molecular formula is C21H26FN3O2. The van der Waals surface area contributed by atoms with Gasteiger partial charge in [0.05, 0.1) is 18.4 Å². The Morgan fingerprint density at radius 3 is 2.67 bits per heavy atom. The van der Waals surface area contributed by atoms with Gasteiger partial charge >= 0.3 is 0 Å². The molecule has 1 aromatic carbocycles. The first-order valence-corrected chi connectivity index (χ1v) is 9.27. The quantitative estimate of drug-likeness (QED) is 0.783. The molecule has 0 bridgehead atoms. The van der Waals surface area contributed by atoms with Crippen LogP contribution in [0.15, 0.2) is 48.7 Å². The number of amides is 1. The number of hydrogen-bond acceptors (Lipinski definition) is 4. The van der Waals surface area contributed by atoms with E-state index in [-0.39, 0.29) is 17.8 Å². The molecule has 1 aliphatic rings. The second kappa shape index (κ2) is 9.06. The molecule has 1 aliphatic heterocycles. The Kier molecular flexibility index (Phi) is 6.53. The minimum atomic E-state index is -0.480. The normalized spacial score (nSPS) is 16.5. The Morgan fingerprint density at radius 1 is 1.26 bits per heavy atom. The molecule has 0 saturated carbocycles. The second-order valence-corrected chi connectivity index (χ2v) is 7.08. The Bertz CT molecular complexity index is 746. The smallest absolute Gasteiger partial charge is 0.244 e. The maximum Gasteiger partial charge on any atom is 0.244 e. The van der Waals surface area contributed by atoms with Crippen LogP contribution in [0.5, 0.6) is 0 Å². The van der Waals surface area contributed by atoms with Crippen molar-refractivity contribution in [3.8, 4) is 0 Å². The van der Waals surface area contributed by atoms with Crippen LogP contribution in [0.4, 0.5) is 4.39 Å². The summed E-state index contributed by atoms with van der Waals surface area (Å²) in [6, 6.07) is 11.6. The largest absolute Gasteiger partial charge is 0.372 e. The standard InChI is InChI=1S/C21H26FN3O2/c1-24(2)20(16-6-5-7-17(22)14-16)21(26)25-12-9-19(10-13-25)27-15-18-8-3-4-11-23-18/h3-8,11,14,19-20H,9-10,12-13,15H2,1-2H3/t20-/m0/s1. The summed E-state index contributed by atoms with van der Waals surface area (Å²) in [7, 11) is 3.69. The topological polar surface area (TPSA) is 45.7 Å². The van der Waals surface area contributed by atoms with E-state index in [1.54, 1.807) is 18.3 Å². The van der Waals surface area contributed by atoms with Gasteiger partial charge in [-0.1, -0.05) is 18.2 Å². The molecule has 2 aromatic rings. The summed E-state index contributed by atoms with van der Waals surface area (Å²) in [4.78, 5) is 21.0. The van der Waals surface area contributed by atoms with Gasteiger partial charge in [-0.05, 0) is 56.8 Å². The molecule has 1 atom stereocenters. The fourth-order valence-electron chi connectivity index (χ4n) is 3.44. The highest BCUT2D eigenvalue weighted by Crippen LogP contribution is 2.24. The van der Waals surface area contributed by atoms with Crippen molar-refractivity contribution in [3.63, 3.8) is 0 Å². The lowest BCUT2D eigenvalue weighted by atomic mass is 10.0. The Hall–Kier alpha value is -2.31. The van der Waals surface area contributed by atoms with Crippen molar-refractivity contribution in [2.45, 2.75) is 31.6 Å². The minimum Gasteiger partial charge on any atom is -0.372 e. The average molecular weight is 371 g/mol. The van der Waals surface area contributed by atoms with E-state index in [0.29, 0.717) is 25.3 Å². The third-order valence-corrected chi connectivity index (χ3v) is 4.86. The van der Waals surface area contributed by atoms with Crippen LogP contribution in [0.25, 0.3) is 0 Å². The number of aromatic nitrogens is 1. The van der Waals surface area contributed by atoms with E-state index in [1.807, 2.05) is 42.1 Å². The highest BCUT2D eigenvalue weighted by molar-refractivity contribution is 5.83. The number of piperidine rings is 1. The van der Waals surface area contributed by atoms with E-state index >= 15 is 0 Å². The molecule has 3 rings (SSSR count). The highest BCUT2D eigenvalue weighted by Gasteiger charge is 2.31. The predicted octanol–water partition coefficient (Wildman–Crippen LogP) is 3.03. The number of benzene rings is 1. The zero-order valence-corrected chi connectivity index (χ0v) is 15.8. The summed E-state index contributed by atoms with van der Waals surface area (Å²) in [5, 5.41) is 0. The number of likely N-dealkylation sites (tertiary alicyclic amines) is 1. The van der Waals surface area contributed by atoms with Crippen molar-refractivity contribution in [1.29, 1.82) is 0 Å². The summed E-state index contributed by atoms with van der Waals surface area (Å²) in [6.07, 6.45) is 3.47. The lowest BCUT2D eigenvalue weighted by Crippen LogP contribution is -2.45. The van der Waals surface area contributed by atoms with Crippen molar-refractivity contribution in [2.75, 3.05) is 27.2 Å². The van der Waals surface area contributed by atoms with Crippen molar-refractivity contribution in [3.05, 3.63) is 65.7 Å². The van der Waals surface area contributed by atoms with Gasteiger partial charge in [-0.2, -0.15) is 0 Å². The third kappa shape index (κ3) is 5.11. The van der Waals surface area contributed by atoms with Gasteiger partial charge in [0.1, 0.15) is 11.9 Å². The van der Waals surface area contributed by atoms with E-state index in [2.05, 4.69) is 4.98 Å². The molecule has 1 fully saturated rings. The zero-order valence-electron chi connectivity index (χ0n) is 15.8. The number of rotatable bonds is 6. The SMILES string of the molecule is CN(C)[C@H](C(=O)N1CCC(OCc2ccccn2)CC1)c1cccc(F)c1. The number of carbonyl (C=O) groups is 1. The van der Waals surface area contributed by atoms with Gasteiger partial charge in [0, 0.05) is 19.3 Å². The average Bonchev–Trinajstić information content (AvgIpc) is 2.67. The molecular weight excluding hydrogens is 345 g/mol. The number of carbonyl (C=O) groups excluding carboxylic acids is 1. The van der Waals surface area contributed by atoms with Crippen LogP contribution >= 0.6 is 0 Å². The molecule has 1 amide bonds. The number of halogens is 1. The molecule has 5 nitrogen and oxygen atoms in total. The Balaban J connectivity index is 1.56. The number of hydrogen-bond donors (Lipinski definition) is 0. The van der Waals surface area contributed by atoms with Gasteiger partial charge in [0.15, 0.2) is 0 Å². The lowest BCUT2D eigenvalue weighted by molar-refractivity contribution is -0.139. The molecule has 0 radical (unpaired) electrons. The molecule has 6 heteroatoms. The van der Waals surface area contributed by atoms with Crippen LogP contribution < -0.4 is 0 Å². The van der Waals surface area contributed by atoms with Crippen LogP contribution in [0.3, 0.4) is 0 Å². The third-order valence-electron chi connectivity index (χ3n) is 4.86. The molecule has 0 aliphatic carbocycles. The molecule has 144 valence electrons. The summed E-state index contributed by atoms with van der Waals surface area (Å²) >= 11 is 0. The van der Waals surface area contributed by atoms with Crippen molar-refractivity contribution < 1.29 is 13.9 Å². The van der Waals surface area contributed by atoms with E-state index in [1.165, 1.54) is 12.1 Å². The molecule has 0 unspecified atom stereocenters. The van der Waals surface area contributed by atoms with Crippen LogP contribution in [-0.4, -0.2) is 54.0 Å².